The third-order valence-corrected chi connectivity index (χ3v) is 5.31. The second kappa shape index (κ2) is 4.51. The molecule has 0 spiro atoms. The molecule has 18 heavy (non-hydrogen) atoms. The summed E-state index contributed by atoms with van der Waals surface area (Å²) in [4.78, 5) is 0.279. The number of nitrogens with two attached hydrogens (primary N) is 1. The number of hydrogen-bond donors (Lipinski definition) is 1. The van der Waals surface area contributed by atoms with Crippen molar-refractivity contribution in [3.63, 3.8) is 0 Å². The van der Waals surface area contributed by atoms with Gasteiger partial charge in [-0.05, 0) is 24.5 Å². The second-order valence-corrected chi connectivity index (χ2v) is 7.16. The number of anilines is 1. The molecule has 1 aromatic carbocycles. The first-order valence-corrected chi connectivity index (χ1v) is 7.74. The Bertz CT molecular complexity index is 596. The van der Waals surface area contributed by atoms with Gasteiger partial charge in [-0.25, -0.2) is 8.42 Å². The van der Waals surface area contributed by atoms with Crippen LogP contribution in [0.5, 0.6) is 0 Å². The normalized spacial score (nSPS) is 22.1. The van der Waals surface area contributed by atoms with E-state index in [4.69, 9.17) is 18.0 Å². The Labute approximate surface area is 113 Å². The van der Waals surface area contributed by atoms with Gasteiger partial charge in [-0.1, -0.05) is 31.3 Å². The van der Waals surface area contributed by atoms with E-state index in [1.165, 1.54) is 4.31 Å². The summed E-state index contributed by atoms with van der Waals surface area (Å²) in [6.07, 6.45) is 0. The van der Waals surface area contributed by atoms with Gasteiger partial charge in [0.2, 0.25) is 10.0 Å². The molecule has 98 valence electrons. The lowest BCUT2D eigenvalue weighted by atomic mass is 10.1. The molecule has 0 aromatic heterocycles. The number of sulfonamides is 1. The van der Waals surface area contributed by atoms with Crippen molar-refractivity contribution < 1.29 is 8.42 Å². The lowest BCUT2D eigenvalue weighted by molar-refractivity contribution is 0.598. The topological polar surface area (TPSA) is 63.4 Å². The van der Waals surface area contributed by atoms with Crippen molar-refractivity contribution >= 4 is 32.9 Å². The quantitative estimate of drug-likeness (QED) is 0.834. The summed E-state index contributed by atoms with van der Waals surface area (Å²) >= 11 is 4.93. The molecular weight excluding hydrogens is 268 g/mol. The van der Waals surface area contributed by atoms with Crippen LogP contribution < -0.4 is 10.0 Å². The van der Waals surface area contributed by atoms with Crippen molar-refractivity contribution in [2.45, 2.75) is 13.8 Å². The predicted octanol–water partition coefficient (Wildman–Crippen LogP) is 1.42. The first-order chi connectivity index (χ1) is 8.31. The maximum absolute atomic E-state index is 12.1. The number of nitrogens with zero attached hydrogens (tertiary/aromatic N) is 1. The van der Waals surface area contributed by atoms with Gasteiger partial charge in [0.15, 0.2) is 0 Å². The molecule has 0 bridgehead atoms. The van der Waals surface area contributed by atoms with Crippen LogP contribution in [-0.2, 0) is 10.0 Å². The van der Waals surface area contributed by atoms with E-state index in [-0.39, 0.29) is 16.7 Å². The van der Waals surface area contributed by atoms with E-state index in [1.807, 2.05) is 26.0 Å². The molecule has 1 fully saturated rings. The van der Waals surface area contributed by atoms with Crippen LogP contribution in [0.4, 0.5) is 5.69 Å². The highest BCUT2D eigenvalue weighted by atomic mass is 32.2. The summed E-state index contributed by atoms with van der Waals surface area (Å²) in [6, 6.07) is 5.42. The average Bonchev–Trinajstić information content (AvgIpc) is 2.52. The predicted molar refractivity (Wildman–Crippen MR) is 77.4 cm³/mol. The van der Waals surface area contributed by atoms with Crippen LogP contribution in [0.15, 0.2) is 18.2 Å². The molecule has 1 aliphatic rings. The molecule has 0 aliphatic carbocycles. The highest BCUT2D eigenvalue weighted by molar-refractivity contribution is 7.93. The van der Waals surface area contributed by atoms with Gasteiger partial charge in [-0.15, -0.1) is 0 Å². The molecule has 2 rings (SSSR count). The van der Waals surface area contributed by atoms with E-state index in [2.05, 4.69) is 0 Å². The molecule has 1 heterocycles. The molecule has 4 nitrogen and oxygen atoms in total. The van der Waals surface area contributed by atoms with Gasteiger partial charge in [0.25, 0.3) is 0 Å². The number of rotatable bonds is 2. The zero-order valence-electron chi connectivity index (χ0n) is 10.4. The molecule has 0 saturated carbocycles. The fourth-order valence-electron chi connectivity index (χ4n) is 2.18. The Morgan fingerprint density at radius 1 is 1.50 bits per heavy atom. The Hall–Kier alpha value is -1.14. The third-order valence-electron chi connectivity index (χ3n) is 3.07. The van der Waals surface area contributed by atoms with Crippen LogP contribution in [0.2, 0.25) is 0 Å². The van der Waals surface area contributed by atoms with Gasteiger partial charge >= 0.3 is 0 Å². The van der Waals surface area contributed by atoms with E-state index in [1.54, 1.807) is 6.07 Å². The van der Waals surface area contributed by atoms with E-state index >= 15 is 0 Å². The maximum atomic E-state index is 12.1. The molecule has 1 unspecified atom stereocenters. The summed E-state index contributed by atoms with van der Waals surface area (Å²) in [5.74, 6) is 0.340. The minimum Gasteiger partial charge on any atom is -0.389 e. The van der Waals surface area contributed by atoms with Crippen LogP contribution >= 0.6 is 12.2 Å². The Kier molecular flexibility index (Phi) is 3.33. The van der Waals surface area contributed by atoms with Gasteiger partial charge in [0.1, 0.15) is 4.99 Å². The molecule has 1 aliphatic heterocycles. The second-order valence-electron chi connectivity index (χ2n) is 4.78. The summed E-state index contributed by atoms with van der Waals surface area (Å²) in [5.41, 5.74) is 7.88. The van der Waals surface area contributed by atoms with Crippen LogP contribution in [0, 0.1) is 12.8 Å². The minimum atomic E-state index is -3.21. The Balaban J connectivity index is 2.51. The highest BCUT2D eigenvalue weighted by Gasteiger charge is 2.34. The zero-order chi connectivity index (χ0) is 13.5. The van der Waals surface area contributed by atoms with Gasteiger partial charge < -0.3 is 5.73 Å². The standard InChI is InChI=1S/C12H16N2O2S2/c1-8-6-14(18(15,16)7-8)11-5-10(12(13)17)4-3-9(11)2/h3-5,8H,6-7H2,1-2H3,(H2,13,17). The third kappa shape index (κ3) is 2.35. The number of thiocarbonyl (C=S) groups is 1. The van der Waals surface area contributed by atoms with Crippen molar-refractivity contribution in [2.75, 3.05) is 16.6 Å². The zero-order valence-corrected chi connectivity index (χ0v) is 12.0. The van der Waals surface area contributed by atoms with Crippen molar-refractivity contribution in [1.29, 1.82) is 0 Å². The van der Waals surface area contributed by atoms with Gasteiger partial charge in [-0.3, -0.25) is 4.31 Å². The fourth-order valence-corrected chi connectivity index (χ4v) is 4.29. The molecule has 0 radical (unpaired) electrons. The van der Waals surface area contributed by atoms with E-state index < -0.39 is 10.0 Å². The molecule has 0 amide bonds. The monoisotopic (exact) mass is 284 g/mol. The van der Waals surface area contributed by atoms with E-state index in [0.29, 0.717) is 17.8 Å². The lowest BCUT2D eigenvalue weighted by Crippen LogP contribution is -2.26. The Morgan fingerprint density at radius 2 is 2.17 bits per heavy atom. The molecule has 1 atom stereocenters. The van der Waals surface area contributed by atoms with Crippen molar-refractivity contribution in [1.82, 2.24) is 0 Å². The summed E-state index contributed by atoms with van der Waals surface area (Å²) < 4.78 is 25.6. The van der Waals surface area contributed by atoms with E-state index in [9.17, 15) is 8.42 Å². The van der Waals surface area contributed by atoms with Gasteiger partial charge in [0.05, 0.1) is 11.4 Å². The van der Waals surface area contributed by atoms with Gasteiger partial charge in [-0.2, -0.15) is 0 Å². The average molecular weight is 284 g/mol. The molecule has 2 N–H and O–H groups in total. The van der Waals surface area contributed by atoms with Crippen molar-refractivity contribution in [3.05, 3.63) is 29.3 Å². The Morgan fingerprint density at radius 3 is 2.67 bits per heavy atom. The van der Waals surface area contributed by atoms with Crippen LogP contribution in [0.1, 0.15) is 18.1 Å². The minimum absolute atomic E-state index is 0.142. The number of hydrogen-bond acceptors (Lipinski definition) is 3. The largest absolute Gasteiger partial charge is 0.389 e. The van der Waals surface area contributed by atoms with Crippen LogP contribution in [0.25, 0.3) is 0 Å². The number of aryl methyl sites for hydroxylation is 1. The number of benzene rings is 1. The summed E-state index contributed by atoms with van der Waals surface area (Å²) in [6.45, 7) is 4.34. The van der Waals surface area contributed by atoms with Crippen LogP contribution in [-0.4, -0.2) is 25.7 Å². The molecule has 1 saturated heterocycles. The summed E-state index contributed by atoms with van der Waals surface area (Å²) in [7, 11) is -3.21. The molecule has 1 aromatic rings. The highest BCUT2D eigenvalue weighted by Crippen LogP contribution is 2.30. The smallest absolute Gasteiger partial charge is 0.235 e. The molecular formula is C12H16N2O2S2. The summed E-state index contributed by atoms with van der Waals surface area (Å²) in [5, 5.41) is 0. The fraction of sp³-hybridized carbons (Fsp3) is 0.417. The van der Waals surface area contributed by atoms with Gasteiger partial charge in [0, 0.05) is 12.1 Å². The maximum Gasteiger partial charge on any atom is 0.235 e. The van der Waals surface area contributed by atoms with Crippen LogP contribution in [0.3, 0.4) is 0 Å². The molecule has 6 heteroatoms. The van der Waals surface area contributed by atoms with Crippen molar-refractivity contribution in [2.24, 2.45) is 11.7 Å². The lowest BCUT2D eigenvalue weighted by Gasteiger charge is -2.20. The van der Waals surface area contributed by atoms with Crippen molar-refractivity contribution in [3.8, 4) is 0 Å². The first kappa shape index (κ1) is 13.3. The first-order valence-electron chi connectivity index (χ1n) is 5.72. The van der Waals surface area contributed by atoms with E-state index in [0.717, 1.165) is 5.56 Å². The SMILES string of the molecule is Cc1ccc(C(N)=S)cc1N1CC(C)CS1(=O)=O.